The molecule has 0 saturated carbocycles. The fourth-order valence-electron chi connectivity index (χ4n) is 2.70. The van der Waals surface area contributed by atoms with Crippen molar-refractivity contribution in [2.24, 2.45) is 0 Å². The number of fused-ring (bicyclic) bond motifs is 1. The molecule has 0 amide bonds. The maximum Gasteiger partial charge on any atom is 0.0705 e. The van der Waals surface area contributed by atoms with Gasteiger partial charge in [0, 0.05) is 22.6 Å². The van der Waals surface area contributed by atoms with Gasteiger partial charge in [-0.15, -0.1) is 0 Å². The second-order valence-electron chi connectivity index (χ2n) is 5.09. The molecule has 0 aliphatic heterocycles. The number of hydrogen-bond acceptors (Lipinski definition) is 2. The lowest BCUT2D eigenvalue weighted by Gasteiger charge is -2.19. The van der Waals surface area contributed by atoms with Gasteiger partial charge in [0.2, 0.25) is 0 Å². The molecule has 1 atom stereocenters. The maximum atomic E-state index is 6.08. The Morgan fingerprint density at radius 2 is 1.95 bits per heavy atom. The number of pyridine rings is 1. The van der Waals surface area contributed by atoms with Crippen molar-refractivity contribution in [3.05, 3.63) is 76.9 Å². The van der Waals surface area contributed by atoms with E-state index < -0.39 is 0 Å². The SMILES string of the molecule is CNC(Cc1cccc(Cl)c1)c1cccc2ncccc12. The molecule has 0 aliphatic carbocycles. The topological polar surface area (TPSA) is 24.9 Å². The van der Waals surface area contributed by atoms with Gasteiger partial charge in [0.05, 0.1) is 5.52 Å². The molecular formula is C18H17ClN2. The number of benzene rings is 2. The summed E-state index contributed by atoms with van der Waals surface area (Å²) in [5.41, 5.74) is 3.52. The molecule has 3 heteroatoms. The molecular weight excluding hydrogens is 280 g/mol. The van der Waals surface area contributed by atoms with Gasteiger partial charge in [-0.25, -0.2) is 0 Å². The average Bonchev–Trinajstić information content (AvgIpc) is 2.52. The van der Waals surface area contributed by atoms with Crippen molar-refractivity contribution < 1.29 is 0 Å². The maximum absolute atomic E-state index is 6.08. The first-order chi connectivity index (χ1) is 10.3. The highest BCUT2D eigenvalue weighted by atomic mass is 35.5. The molecule has 0 aliphatic rings. The van der Waals surface area contributed by atoms with Crippen molar-refractivity contribution in [3.63, 3.8) is 0 Å². The fraction of sp³-hybridized carbons (Fsp3) is 0.167. The van der Waals surface area contributed by atoms with E-state index in [9.17, 15) is 0 Å². The minimum Gasteiger partial charge on any atom is -0.313 e. The molecule has 0 spiro atoms. The Bertz CT molecular complexity index is 750. The van der Waals surface area contributed by atoms with Crippen LogP contribution in [0, 0.1) is 0 Å². The first-order valence-electron chi connectivity index (χ1n) is 7.03. The van der Waals surface area contributed by atoms with Crippen LogP contribution in [0.5, 0.6) is 0 Å². The quantitative estimate of drug-likeness (QED) is 0.772. The third kappa shape index (κ3) is 3.07. The van der Waals surface area contributed by atoms with Crippen LogP contribution in [-0.2, 0) is 6.42 Å². The van der Waals surface area contributed by atoms with E-state index in [0.29, 0.717) is 0 Å². The van der Waals surface area contributed by atoms with E-state index in [1.54, 1.807) is 0 Å². The van der Waals surface area contributed by atoms with E-state index in [-0.39, 0.29) is 6.04 Å². The predicted molar refractivity (Wildman–Crippen MR) is 88.7 cm³/mol. The highest BCUT2D eigenvalue weighted by Gasteiger charge is 2.13. The standard InChI is InChI=1S/C18H17ClN2/c1-20-18(12-13-5-2-6-14(19)11-13)16-7-3-9-17-15(16)8-4-10-21-17/h2-11,18,20H,12H2,1H3. The van der Waals surface area contributed by atoms with Gasteiger partial charge >= 0.3 is 0 Å². The normalized spacial score (nSPS) is 12.5. The largest absolute Gasteiger partial charge is 0.313 e. The van der Waals surface area contributed by atoms with E-state index in [2.05, 4.69) is 34.6 Å². The highest BCUT2D eigenvalue weighted by Crippen LogP contribution is 2.26. The lowest BCUT2D eigenvalue weighted by molar-refractivity contribution is 0.596. The summed E-state index contributed by atoms with van der Waals surface area (Å²) < 4.78 is 0. The van der Waals surface area contributed by atoms with Crippen LogP contribution in [-0.4, -0.2) is 12.0 Å². The molecule has 3 aromatic rings. The summed E-state index contributed by atoms with van der Waals surface area (Å²) in [7, 11) is 1.99. The second-order valence-corrected chi connectivity index (χ2v) is 5.53. The van der Waals surface area contributed by atoms with Crippen LogP contribution in [0.25, 0.3) is 10.9 Å². The van der Waals surface area contributed by atoms with Crippen LogP contribution >= 0.6 is 11.6 Å². The van der Waals surface area contributed by atoms with Crippen molar-refractivity contribution in [2.45, 2.75) is 12.5 Å². The number of hydrogen-bond donors (Lipinski definition) is 1. The van der Waals surface area contributed by atoms with E-state index in [1.165, 1.54) is 16.5 Å². The van der Waals surface area contributed by atoms with Crippen LogP contribution in [0.2, 0.25) is 5.02 Å². The zero-order valence-electron chi connectivity index (χ0n) is 11.9. The van der Waals surface area contributed by atoms with Crippen molar-refractivity contribution in [1.29, 1.82) is 0 Å². The molecule has 1 N–H and O–H groups in total. The smallest absolute Gasteiger partial charge is 0.0705 e. The van der Waals surface area contributed by atoms with Gasteiger partial charge in [-0.1, -0.05) is 41.9 Å². The molecule has 2 nitrogen and oxygen atoms in total. The van der Waals surface area contributed by atoms with Gasteiger partial charge in [-0.2, -0.15) is 0 Å². The van der Waals surface area contributed by atoms with Crippen molar-refractivity contribution >= 4 is 22.5 Å². The Labute approximate surface area is 129 Å². The minimum absolute atomic E-state index is 0.233. The van der Waals surface area contributed by atoms with Crippen molar-refractivity contribution in [2.75, 3.05) is 7.05 Å². The monoisotopic (exact) mass is 296 g/mol. The third-order valence-electron chi connectivity index (χ3n) is 3.73. The molecule has 0 saturated heterocycles. The number of likely N-dealkylation sites (N-methyl/N-ethyl adjacent to an activating group) is 1. The Hall–Kier alpha value is -1.90. The molecule has 0 bridgehead atoms. The highest BCUT2D eigenvalue weighted by molar-refractivity contribution is 6.30. The first kappa shape index (κ1) is 14.1. The number of nitrogens with one attached hydrogen (secondary N) is 1. The van der Waals surface area contributed by atoms with E-state index >= 15 is 0 Å². The lowest BCUT2D eigenvalue weighted by Crippen LogP contribution is -2.19. The van der Waals surface area contributed by atoms with E-state index in [1.807, 2.05) is 43.6 Å². The van der Waals surface area contributed by atoms with Crippen LogP contribution < -0.4 is 5.32 Å². The number of nitrogens with zero attached hydrogens (tertiary/aromatic N) is 1. The van der Waals surface area contributed by atoms with Crippen LogP contribution in [0.3, 0.4) is 0 Å². The molecule has 1 aromatic heterocycles. The molecule has 1 unspecified atom stereocenters. The van der Waals surface area contributed by atoms with Gasteiger partial charge in [-0.3, -0.25) is 4.98 Å². The molecule has 106 valence electrons. The second kappa shape index (κ2) is 6.25. The minimum atomic E-state index is 0.233. The molecule has 3 rings (SSSR count). The number of rotatable bonds is 4. The van der Waals surface area contributed by atoms with Gasteiger partial charge in [-0.05, 0) is 48.9 Å². The van der Waals surface area contributed by atoms with Gasteiger partial charge in [0.15, 0.2) is 0 Å². The zero-order valence-corrected chi connectivity index (χ0v) is 12.6. The Morgan fingerprint density at radius 1 is 1.10 bits per heavy atom. The summed E-state index contributed by atoms with van der Waals surface area (Å²) in [5.74, 6) is 0. The Morgan fingerprint density at radius 3 is 2.76 bits per heavy atom. The van der Waals surface area contributed by atoms with Crippen molar-refractivity contribution in [1.82, 2.24) is 10.3 Å². The molecule has 2 aromatic carbocycles. The summed E-state index contributed by atoms with van der Waals surface area (Å²) in [5, 5.41) is 5.38. The van der Waals surface area contributed by atoms with Gasteiger partial charge in [0.25, 0.3) is 0 Å². The molecule has 21 heavy (non-hydrogen) atoms. The van der Waals surface area contributed by atoms with E-state index in [0.717, 1.165) is 17.0 Å². The zero-order chi connectivity index (χ0) is 14.7. The van der Waals surface area contributed by atoms with Crippen LogP contribution in [0.4, 0.5) is 0 Å². The summed E-state index contributed by atoms with van der Waals surface area (Å²) in [6, 6.07) is 18.6. The predicted octanol–water partition coefficient (Wildman–Crippen LogP) is 4.39. The Kier molecular flexibility index (Phi) is 4.18. The summed E-state index contributed by atoms with van der Waals surface area (Å²) in [4.78, 5) is 4.43. The van der Waals surface area contributed by atoms with Crippen LogP contribution in [0.15, 0.2) is 60.8 Å². The molecule has 0 fully saturated rings. The van der Waals surface area contributed by atoms with Crippen LogP contribution in [0.1, 0.15) is 17.2 Å². The third-order valence-corrected chi connectivity index (χ3v) is 3.97. The number of aromatic nitrogens is 1. The van der Waals surface area contributed by atoms with Gasteiger partial charge in [0.1, 0.15) is 0 Å². The number of halogens is 1. The Balaban J connectivity index is 1.98. The van der Waals surface area contributed by atoms with Crippen molar-refractivity contribution in [3.8, 4) is 0 Å². The fourth-order valence-corrected chi connectivity index (χ4v) is 2.91. The van der Waals surface area contributed by atoms with Gasteiger partial charge < -0.3 is 5.32 Å². The molecule has 1 heterocycles. The average molecular weight is 297 g/mol. The first-order valence-corrected chi connectivity index (χ1v) is 7.41. The summed E-state index contributed by atoms with van der Waals surface area (Å²) in [6.45, 7) is 0. The molecule has 0 radical (unpaired) electrons. The summed E-state index contributed by atoms with van der Waals surface area (Å²) in [6.07, 6.45) is 2.72. The lowest BCUT2D eigenvalue weighted by atomic mass is 9.95. The van der Waals surface area contributed by atoms with E-state index in [4.69, 9.17) is 11.6 Å². The summed E-state index contributed by atoms with van der Waals surface area (Å²) >= 11 is 6.08.